The molecule has 0 aliphatic carbocycles. The molecule has 0 amide bonds. The molecule has 312 valence electrons. The number of carbonyl (C=O) groups excluding carboxylic acids is 2. The Balaban J connectivity index is 4.30. The zero-order valence-corrected chi connectivity index (χ0v) is 35.0. The van der Waals surface area contributed by atoms with Crippen molar-refractivity contribution in [1.82, 2.24) is 0 Å². The SMILES string of the molecule is CC/C=C\C/C=C\C/C=C\C/C=C\C/C=C\CCCCCC(=O)OC(COC(=O)CCCCCCC/C=C\C/C=C\C/C=C\CC)COP(=O)(O)OCCN. The molecular weight excluding hydrogens is 713 g/mol. The van der Waals surface area contributed by atoms with Crippen molar-refractivity contribution in [1.29, 1.82) is 0 Å². The lowest BCUT2D eigenvalue weighted by molar-refractivity contribution is -0.161. The van der Waals surface area contributed by atoms with Crippen LogP contribution in [0.2, 0.25) is 0 Å². The van der Waals surface area contributed by atoms with Gasteiger partial charge in [-0.15, -0.1) is 0 Å². The van der Waals surface area contributed by atoms with E-state index in [1.54, 1.807) is 0 Å². The minimum absolute atomic E-state index is 0.0392. The van der Waals surface area contributed by atoms with Crippen molar-refractivity contribution >= 4 is 19.8 Å². The molecule has 2 atom stereocenters. The van der Waals surface area contributed by atoms with Gasteiger partial charge in [-0.05, 0) is 89.9 Å². The van der Waals surface area contributed by atoms with Gasteiger partial charge < -0.3 is 20.1 Å². The smallest absolute Gasteiger partial charge is 0.462 e. The Hall–Kier alpha value is -3.07. The highest BCUT2D eigenvalue weighted by atomic mass is 31.2. The summed E-state index contributed by atoms with van der Waals surface area (Å²) < 4.78 is 32.7. The molecule has 55 heavy (non-hydrogen) atoms. The molecule has 0 spiro atoms. The van der Waals surface area contributed by atoms with Gasteiger partial charge in [0, 0.05) is 19.4 Å². The minimum atomic E-state index is -4.40. The van der Waals surface area contributed by atoms with Gasteiger partial charge in [-0.2, -0.15) is 0 Å². The molecule has 10 heteroatoms. The van der Waals surface area contributed by atoms with Gasteiger partial charge in [0.1, 0.15) is 6.61 Å². The first-order valence-corrected chi connectivity index (χ1v) is 22.2. The van der Waals surface area contributed by atoms with Gasteiger partial charge in [-0.1, -0.05) is 137 Å². The second-order valence-electron chi connectivity index (χ2n) is 13.1. The van der Waals surface area contributed by atoms with Crippen LogP contribution in [-0.4, -0.2) is 49.3 Å². The summed E-state index contributed by atoms with van der Waals surface area (Å²) in [6.45, 7) is 3.41. The van der Waals surface area contributed by atoms with E-state index in [2.05, 4.69) is 111 Å². The van der Waals surface area contributed by atoms with E-state index in [4.69, 9.17) is 24.3 Å². The maximum absolute atomic E-state index is 12.6. The van der Waals surface area contributed by atoms with Gasteiger partial charge in [-0.25, -0.2) is 4.57 Å². The first-order chi connectivity index (χ1) is 26.8. The van der Waals surface area contributed by atoms with E-state index < -0.39 is 32.5 Å². The Bertz CT molecular complexity index is 1220. The normalized spacial score (nSPS) is 14.3. The number of allylic oxidation sites excluding steroid dienone is 16. The van der Waals surface area contributed by atoms with Crippen LogP contribution >= 0.6 is 7.82 Å². The molecular formula is C45H74NO8P. The first kappa shape index (κ1) is 51.9. The number of rotatable bonds is 37. The largest absolute Gasteiger partial charge is 0.472 e. The topological polar surface area (TPSA) is 134 Å². The summed E-state index contributed by atoms with van der Waals surface area (Å²) in [5.74, 6) is -0.898. The Kier molecular flexibility index (Phi) is 38.3. The third kappa shape index (κ3) is 40.4. The molecule has 2 unspecified atom stereocenters. The Labute approximate surface area is 334 Å². The van der Waals surface area contributed by atoms with Crippen molar-refractivity contribution in [3.8, 4) is 0 Å². The number of nitrogens with two attached hydrogens (primary N) is 1. The average molecular weight is 788 g/mol. The molecule has 0 aliphatic heterocycles. The quantitative estimate of drug-likeness (QED) is 0.0273. The van der Waals surface area contributed by atoms with Crippen LogP contribution < -0.4 is 5.73 Å². The fraction of sp³-hybridized carbons (Fsp3) is 0.600. The van der Waals surface area contributed by atoms with E-state index in [9.17, 15) is 19.0 Å². The van der Waals surface area contributed by atoms with Crippen LogP contribution in [0.4, 0.5) is 0 Å². The van der Waals surface area contributed by atoms with Crippen LogP contribution in [0.5, 0.6) is 0 Å². The van der Waals surface area contributed by atoms with Crippen LogP contribution in [-0.2, 0) is 32.7 Å². The minimum Gasteiger partial charge on any atom is -0.462 e. The summed E-state index contributed by atoms with van der Waals surface area (Å²) in [4.78, 5) is 34.8. The van der Waals surface area contributed by atoms with Gasteiger partial charge >= 0.3 is 19.8 Å². The predicted molar refractivity (Wildman–Crippen MR) is 228 cm³/mol. The van der Waals surface area contributed by atoms with E-state index >= 15 is 0 Å². The highest BCUT2D eigenvalue weighted by Gasteiger charge is 2.25. The summed E-state index contributed by atoms with van der Waals surface area (Å²) in [7, 11) is -4.40. The monoisotopic (exact) mass is 788 g/mol. The third-order valence-electron chi connectivity index (χ3n) is 7.97. The fourth-order valence-corrected chi connectivity index (χ4v) is 5.73. The molecule has 0 aromatic heterocycles. The zero-order chi connectivity index (χ0) is 40.3. The molecule has 0 radical (unpaired) electrons. The van der Waals surface area contributed by atoms with Gasteiger partial charge in [-0.3, -0.25) is 18.6 Å². The number of ether oxygens (including phenoxy) is 2. The van der Waals surface area contributed by atoms with Gasteiger partial charge in [0.2, 0.25) is 0 Å². The average Bonchev–Trinajstić information content (AvgIpc) is 3.17. The second-order valence-corrected chi connectivity index (χ2v) is 14.5. The van der Waals surface area contributed by atoms with Crippen molar-refractivity contribution in [3.63, 3.8) is 0 Å². The van der Waals surface area contributed by atoms with E-state index in [0.29, 0.717) is 12.8 Å². The van der Waals surface area contributed by atoms with Crippen molar-refractivity contribution in [3.05, 3.63) is 97.2 Å². The molecule has 0 saturated heterocycles. The Morgan fingerprint density at radius 2 is 0.945 bits per heavy atom. The summed E-state index contributed by atoms with van der Waals surface area (Å²) in [5.41, 5.74) is 5.34. The van der Waals surface area contributed by atoms with Gasteiger partial charge in [0.05, 0.1) is 13.2 Å². The number of hydrogen-bond donors (Lipinski definition) is 2. The molecule has 0 saturated carbocycles. The van der Waals surface area contributed by atoms with Crippen LogP contribution in [0, 0.1) is 0 Å². The third-order valence-corrected chi connectivity index (χ3v) is 8.95. The van der Waals surface area contributed by atoms with E-state index in [-0.39, 0.29) is 32.6 Å². The lowest BCUT2D eigenvalue weighted by atomic mass is 10.1. The number of carbonyl (C=O) groups is 2. The fourth-order valence-electron chi connectivity index (χ4n) is 4.97. The van der Waals surface area contributed by atoms with Gasteiger partial charge in [0.15, 0.2) is 6.10 Å². The predicted octanol–water partition coefficient (Wildman–Crippen LogP) is 11.8. The van der Waals surface area contributed by atoms with Crippen molar-refractivity contribution in [2.75, 3.05) is 26.4 Å². The standard InChI is InChI=1S/C45H74NO8P/c1-3-5-7-9-11-13-15-17-19-20-21-22-24-26-28-30-32-34-36-38-45(48)54-43(42-53-55(49,50)52-40-39-46)41-51-44(47)37-35-33-31-29-27-25-23-18-16-14-12-10-8-6-4-2/h5-8,11-14,17-19,21-23,26,28,43H,3-4,9-10,15-16,20,24-25,27,29-42,46H2,1-2H3,(H,49,50)/b7-5-,8-6-,13-11-,14-12-,19-17-,22-21-,23-18-,28-26-. The number of unbranched alkanes of at least 4 members (excludes halogenated alkanes) is 8. The van der Waals surface area contributed by atoms with Crippen LogP contribution in [0.25, 0.3) is 0 Å². The van der Waals surface area contributed by atoms with Crippen molar-refractivity contribution in [2.24, 2.45) is 5.73 Å². The highest BCUT2D eigenvalue weighted by molar-refractivity contribution is 7.47. The molecule has 0 fully saturated rings. The first-order valence-electron chi connectivity index (χ1n) is 20.7. The molecule has 0 rings (SSSR count). The zero-order valence-electron chi connectivity index (χ0n) is 34.1. The maximum atomic E-state index is 12.6. The number of phosphoric ester groups is 1. The highest BCUT2D eigenvalue weighted by Crippen LogP contribution is 2.43. The van der Waals surface area contributed by atoms with E-state index in [0.717, 1.165) is 103 Å². The summed E-state index contributed by atoms with van der Waals surface area (Å²) in [5, 5.41) is 0. The molecule has 9 nitrogen and oxygen atoms in total. The molecule has 0 aliphatic rings. The maximum Gasteiger partial charge on any atom is 0.472 e. The van der Waals surface area contributed by atoms with E-state index in [1.807, 2.05) is 0 Å². The Morgan fingerprint density at radius 1 is 0.545 bits per heavy atom. The van der Waals surface area contributed by atoms with Crippen molar-refractivity contribution < 1.29 is 37.6 Å². The number of hydrogen-bond acceptors (Lipinski definition) is 8. The molecule has 0 aromatic carbocycles. The number of esters is 2. The van der Waals surface area contributed by atoms with Gasteiger partial charge in [0.25, 0.3) is 0 Å². The van der Waals surface area contributed by atoms with Crippen LogP contribution in [0.3, 0.4) is 0 Å². The van der Waals surface area contributed by atoms with Crippen LogP contribution in [0.1, 0.15) is 142 Å². The lowest BCUT2D eigenvalue weighted by Gasteiger charge is -2.19. The molecule has 3 N–H and O–H groups in total. The van der Waals surface area contributed by atoms with Crippen LogP contribution in [0.15, 0.2) is 97.2 Å². The summed E-state index contributed by atoms with van der Waals surface area (Å²) in [6.07, 6.45) is 51.5. The second kappa shape index (κ2) is 40.6. The summed E-state index contributed by atoms with van der Waals surface area (Å²) in [6, 6.07) is 0. The van der Waals surface area contributed by atoms with Crippen molar-refractivity contribution in [2.45, 2.75) is 148 Å². The Morgan fingerprint density at radius 3 is 1.42 bits per heavy atom. The van der Waals surface area contributed by atoms with E-state index in [1.165, 1.54) is 0 Å². The lowest BCUT2D eigenvalue weighted by Crippen LogP contribution is -2.29. The number of phosphoric acid groups is 1. The molecule has 0 bridgehead atoms. The summed E-state index contributed by atoms with van der Waals surface area (Å²) >= 11 is 0. The molecule has 0 heterocycles. The molecule has 0 aromatic rings.